The van der Waals surface area contributed by atoms with Crippen LogP contribution in [-0.2, 0) is 9.53 Å². The van der Waals surface area contributed by atoms with E-state index in [4.69, 9.17) is 19.7 Å². The van der Waals surface area contributed by atoms with E-state index in [1.165, 1.54) is 69.1 Å². The van der Waals surface area contributed by atoms with Crippen LogP contribution >= 0.6 is 0 Å². The summed E-state index contributed by atoms with van der Waals surface area (Å²) >= 11 is 0. The van der Waals surface area contributed by atoms with Crippen molar-refractivity contribution >= 4 is 5.97 Å². The third-order valence-corrected chi connectivity index (χ3v) is 4.31. The molecule has 0 aromatic rings. The molecule has 0 saturated carbocycles. The highest BCUT2D eigenvalue weighted by molar-refractivity contribution is 5.70. The number of aliphatic hydroxyl groups excluding tert-OH is 1. The minimum absolute atomic E-state index is 0.137. The number of alkyl halides is 3. The Hall–Kier alpha value is -0.860. The van der Waals surface area contributed by atoms with Crippen LogP contribution in [0.2, 0.25) is 0 Å². The van der Waals surface area contributed by atoms with Gasteiger partial charge in [-0.15, -0.1) is 0 Å². The van der Waals surface area contributed by atoms with E-state index in [1.807, 2.05) is 0 Å². The van der Waals surface area contributed by atoms with Crippen molar-refractivity contribution in [2.75, 3.05) is 46.0 Å². The topological polar surface area (TPSA) is 69.6 Å². The zero-order valence-electron chi connectivity index (χ0n) is 17.2. The zero-order chi connectivity index (χ0) is 21.2. The van der Waals surface area contributed by atoms with Crippen molar-refractivity contribution in [3.05, 3.63) is 0 Å². The Morgan fingerprint density at radius 1 is 0.889 bits per heavy atom. The number of nitrogens with zero attached hydrogens (tertiary/aromatic N) is 1. The van der Waals surface area contributed by atoms with Gasteiger partial charge in [0.2, 0.25) is 0 Å². The van der Waals surface area contributed by atoms with Crippen LogP contribution in [0.25, 0.3) is 0 Å². The maximum atomic E-state index is 10.5. The lowest BCUT2D eigenvalue weighted by molar-refractivity contribution is -0.928. The smallest absolute Gasteiger partial charge is 0.430 e. The second-order valence-electron chi connectivity index (χ2n) is 6.77. The molecule has 27 heavy (non-hydrogen) atoms. The number of rotatable bonds is 15. The molecular weight excluding hydrogens is 363 g/mol. The number of aliphatic hydroxyl groups is 1. The second-order valence-corrected chi connectivity index (χ2v) is 6.77. The quantitative estimate of drug-likeness (QED) is 0.338. The Bertz CT molecular complexity index is 346. The molecule has 0 bridgehead atoms. The predicted octanol–water partition coefficient (Wildman–Crippen LogP) is 2.90. The number of quaternary nitrogens is 1. The first-order valence-electron chi connectivity index (χ1n) is 10.0. The van der Waals surface area contributed by atoms with Gasteiger partial charge in [0.1, 0.15) is 12.5 Å². The van der Waals surface area contributed by atoms with Gasteiger partial charge >= 0.3 is 6.18 Å². The summed E-state index contributed by atoms with van der Waals surface area (Å²) in [5.41, 5.74) is 0. The Kier molecular flexibility index (Phi) is 18.1. The first kappa shape index (κ1) is 28.4. The van der Waals surface area contributed by atoms with Gasteiger partial charge in [0.25, 0.3) is 0 Å². The second kappa shape index (κ2) is 17.3. The Morgan fingerprint density at radius 3 is 1.81 bits per heavy atom. The van der Waals surface area contributed by atoms with E-state index in [0.717, 1.165) is 13.2 Å². The van der Waals surface area contributed by atoms with Crippen molar-refractivity contribution in [3.8, 4) is 0 Å². The summed E-state index contributed by atoms with van der Waals surface area (Å²) in [5.74, 6) is -3.01. The van der Waals surface area contributed by atoms with Crippen LogP contribution in [0.3, 0.4) is 0 Å². The lowest BCUT2D eigenvalue weighted by atomic mass is 10.1. The monoisotopic (exact) mass is 401 g/mol. The fourth-order valence-electron chi connectivity index (χ4n) is 3.10. The Balaban J connectivity index is 0. The largest absolute Gasteiger partial charge is 0.542 e. The van der Waals surface area contributed by atoms with Crippen LogP contribution < -0.4 is 5.11 Å². The number of hydrogen-bond donors (Lipinski definition) is 1. The van der Waals surface area contributed by atoms with Crippen molar-refractivity contribution in [2.45, 2.75) is 71.9 Å². The van der Waals surface area contributed by atoms with E-state index < -0.39 is 12.1 Å². The van der Waals surface area contributed by atoms with Crippen molar-refractivity contribution in [3.63, 3.8) is 0 Å². The van der Waals surface area contributed by atoms with Gasteiger partial charge in [0, 0.05) is 0 Å². The van der Waals surface area contributed by atoms with Crippen LogP contribution in [0.4, 0.5) is 13.2 Å². The maximum Gasteiger partial charge on any atom is 0.430 e. The molecule has 0 spiro atoms. The lowest BCUT2D eigenvalue weighted by Gasteiger charge is -2.38. The minimum atomic E-state index is -5.19. The molecule has 0 rings (SSSR count). The standard InChI is InChI=1S/C17H38NO2.C2HF3O2/c1-4-7-8-9-10-13-18(11-5-2,12-6-3)14-16-20-17-15-19;3-2(4,5)1(6)7/h19H,4-17H2,1-3H3;(H,6,7)/q+1;/p-1. The van der Waals surface area contributed by atoms with Gasteiger partial charge in [0.15, 0.2) is 0 Å². The molecule has 0 amide bonds. The highest BCUT2D eigenvalue weighted by atomic mass is 19.4. The molecule has 0 unspecified atom stereocenters. The van der Waals surface area contributed by atoms with Crippen LogP contribution in [0.15, 0.2) is 0 Å². The molecule has 0 aliphatic rings. The van der Waals surface area contributed by atoms with Crippen molar-refractivity contribution in [1.82, 2.24) is 0 Å². The molecule has 0 saturated heterocycles. The number of hydrogen-bond acceptors (Lipinski definition) is 4. The molecule has 0 aliphatic carbocycles. The molecule has 0 heterocycles. The number of carbonyl (C=O) groups is 1. The molecule has 0 aromatic heterocycles. The van der Waals surface area contributed by atoms with Gasteiger partial charge < -0.3 is 24.2 Å². The number of carboxylic acid groups (broad SMARTS) is 1. The van der Waals surface area contributed by atoms with Crippen molar-refractivity contribution < 1.29 is 37.4 Å². The van der Waals surface area contributed by atoms with Crippen LogP contribution in [-0.4, -0.2) is 67.7 Å². The molecule has 0 radical (unpaired) electrons. The van der Waals surface area contributed by atoms with Crippen molar-refractivity contribution in [2.24, 2.45) is 0 Å². The van der Waals surface area contributed by atoms with Gasteiger partial charge in [-0.2, -0.15) is 13.2 Å². The van der Waals surface area contributed by atoms with E-state index in [-0.39, 0.29) is 6.61 Å². The van der Waals surface area contributed by atoms with Gasteiger partial charge in [-0.25, -0.2) is 0 Å². The SMILES string of the molecule is CCCCCCC[N+](CCC)(CCC)CCOCCO.O=C([O-])C(F)(F)F. The normalized spacial score (nSPS) is 11.8. The lowest BCUT2D eigenvalue weighted by Crippen LogP contribution is -2.51. The summed E-state index contributed by atoms with van der Waals surface area (Å²) in [5, 5.41) is 17.6. The zero-order valence-corrected chi connectivity index (χ0v) is 17.2. The van der Waals surface area contributed by atoms with Gasteiger partial charge in [0.05, 0.1) is 39.5 Å². The summed E-state index contributed by atoms with van der Waals surface area (Å²) in [6.07, 6.45) is 4.10. The van der Waals surface area contributed by atoms with E-state index in [0.29, 0.717) is 6.61 Å². The molecule has 0 fully saturated rings. The van der Waals surface area contributed by atoms with Crippen LogP contribution in [0.5, 0.6) is 0 Å². The summed E-state index contributed by atoms with van der Waals surface area (Å²) in [7, 11) is 0. The molecule has 0 atom stereocenters. The third-order valence-electron chi connectivity index (χ3n) is 4.31. The third kappa shape index (κ3) is 17.0. The van der Waals surface area contributed by atoms with E-state index in [2.05, 4.69) is 20.8 Å². The van der Waals surface area contributed by atoms with Gasteiger partial charge in [-0.05, 0) is 25.7 Å². The average molecular weight is 402 g/mol. The summed E-state index contributed by atoms with van der Waals surface area (Å²) < 4.78 is 38.3. The number of unbranched alkanes of at least 4 members (excludes halogenated alkanes) is 4. The van der Waals surface area contributed by atoms with Crippen LogP contribution in [0, 0.1) is 0 Å². The fraction of sp³-hybridized carbons (Fsp3) is 0.947. The average Bonchev–Trinajstić information content (AvgIpc) is 2.59. The van der Waals surface area contributed by atoms with Crippen molar-refractivity contribution in [1.29, 1.82) is 0 Å². The molecule has 0 aromatic carbocycles. The Morgan fingerprint density at radius 2 is 1.41 bits per heavy atom. The summed E-state index contributed by atoms with van der Waals surface area (Å²) in [6.45, 7) is 13.2. The van der Waals surface area contributed by atoms with E-state index >= 15 is 0 Å². The highest BCUT2D eigenvalue weighted by Crippen LogP contribution is 2.14. The van der Waals surface area contributed by atoms with Gasteiger partial charge in [-0.3, -0.25) is 0 Å². The highest BCUT2D eigenvalue weighted by Gasteiger charge is 2.28. The summed E-state index contributed by atoms with van der Waals surface area (Å²) in [6, 6.07) is 0. The first-order chi connectivity index (χ1) is 12.7. The predicted molar refractivity (Wildman–Crippen MR) is 98.0 cm³/mol. The number of carbonyl (C=O) groups excluding carboxylic acids is 1. The van der Waals surface area contributed by atoms with E-state index in [9.17, 15) is 13.2 Å². The number of halogens is 3. The fourth-order valence-corrected chi connectivity index (χ4v) is 3.10. The first-order valence-corrected chi connectivity index (χ1v) is 10.0. The molecule has 5 nitrogen and oxygen atoms in total. The van der Waals surface area contributed by atoms with Gasteiger partial charge in [-0.1, -0.05) is 40.0 Å². The molecule has 164 valence electrons. The summed E-state index contributed by atoms with van der Waals surface area (Å²) in [4.78, 5) is 8.78. The Labute approximate surface area is 162 Å². The van der Waals surface area contributed by atoms with E-state index in [1.54, 1.807) is 0 Å². The molecule has 1 N–H and O–H groups in total. The van der Waals surface area contributed by atoms with Crippen LogP contribution in [0.1, 0.15) is 65.7 Å². The molecule has 8 heteroatoms. The maximum absolute atomic E-state index is 10.5. The number of ether oxygens (including phenoxy) is 1. The molecular formula is C19H38F3NO4. The number of carboxylic acids is 1. The minimum Gasteiger partial charge on any atom is -0.542 e. The molecule has 0 aliphatic heterocycles. The number of aliphatic carboxylic acids is 1.